The van der Waals surface area contributed by atoms with Crippen molar-refractivity contribution in [1.82, 2.24) is 15.1 Å². The Kier molecular flexibility index (Phi) is 4.53. The van der Waals surface area contributed by atoms with Gasteiger partial charge in [0, 0.05) is 30.2 Å². The average molecular weight is 332 g/mol. The zero-order chi connectivity index (χ0) is 17.1. The molecule has 1 unspecified atom stereocenters. The monoisotopic (exact) mass is 332 g/mol. The average Bonchev–Trinajstić information content (AvgIpc) is 3.10. The molecule has 1 aromatic heterocycles. The van der Waals surface area contributed by atoms with Gasteiger partial charge < -0.3 is 5.32 Å². The number of aromatic nitrogens is 2. The van der Waals surface area contributed by atoms with Crippen molar-refractivity contribution < 1.29 is 0 Å². The van der Waals surface area contributed by atoms with Crippen LogP contribution >= 0.6 is 0 Å². The van der Waals surface area contributed by atoms with Crippen LogP contribution in [0.25, 0.3) is 17.0 Å². The molecule has 25 heavy (non-hydrogen) atoms. The molecular weight excluding hydrogens is 308 g/mol. The molecule has 0 saturated carbocycles. The van der Waals surface area contributed by atoms with E-state index >= 15 is 0 Å². The molecule has 1 atom stereocenters. The Labute approximate surface area is 148 Å². The molecule has 128 valence electrons. The van der Waals surface area contributed by atoms with Gasteiger partial charge in [0.05, 0.1) is 11.7 Å². The Morgan fingerprint density at radius 1 is 1.24 bits per heavy atom. The van der Waals surface area contributed by atoms with Crippen LogP contribution in [0, 0.1) is 0 Å². The van der Waals surface area contributed by atoms with Gasteiger partial charge in [-0.05, 0) is 48.7 Å². The first-order valence-electron chi connectivity index (χ1n) is 8.93. The Morgan fingerprint density at radius 2 is 2.12 bits per heavy atom. The van der Waals surface area contributed by atoms with Crippen LogP contribution in [0.3, 0.4) is 0 Å². The Bertz CT molecular complexity index is 850. The third-order valence-electron chi connectivity index (χ3n) is 4.94. The van der Waals surface area contributed by atoms with Crippen molar-refractivity contribution in [1.29, 1.82) is 0 Å². The first-order valence-corrected chi connectivity index (χ1v) is 8.93. The summed E-state index contributed by atoms with van der Waals surface area (Å²) in [6, 6.07) is 15.6. The highest BCUT2D eigenvalue weighted by molar-refractivity contribution is 5.81. The Morgan fingerprint density at radius 3 is 2.96 bits per heavy atom. The smallest absolute Gasteiger partial charge is 0.0651 e. The topological polar surface area (TPSA) is 44.0 Å². The van der Waals surface area contributed by atoms with Gasteiger partial charge in [0.2, 0.25) is 0 Å². The number of benzene rings is 2. The molecule has 2 aromatic carbocycles. The van der Waals surface area contributed by atoms with Crippen LogP contribution in [0.2, 0.25) is 0 Å². The van der Waals surface area contributed by atoms with Gasteiger partial charge in [0.15, 0.2) is 0 Å². The molecule has 0 amide bonds. The molecular formula is C21H24N4. The normalized spacial score (nSPS) is 18.3. The van der Waals surface area contributed by atoms with Crippen molar-refractivity contribution in [3.63, 3.8) is 0 Å². The van der Waals surface area contributed by atoms with Crippen molar-refractivity contribution >= 4 is 22.7 Å². The number of rotatable bonds is 5. The number of likely N-dealkylation sites (tertiary alicyclic amines) is 1. The highest BCUT2D eigenvalue weighted by Crippen LogP contribution is 2.21. The molecule has 1 aliphatic rings. The second-order valence-corrected chi connectivity index (χ2v) is 6.84. The van der Waals surface area contributed by atoms with Gasteiger partial charge in [-0.3, -0.25) is 10.00 Å². The highest BCUT2D eigenvalue weighted by Gasteiger charge is 2.20. The molecule has 0 aliphatic carbocycles. The molecule has 1 aliphatic heterocycles. The minimum atomic E-state index is 0.491. The molecule has 0 spiro atoms. The van der Waals surface area contributed by atoms with Crippen molar-refractivity contribution in [3.8, 4) is 0 Å². The van der Waals surface area contributed by atoms with Crippen molar-refractivity contribution in [2.24, 2.45) is 0 Å². The van der Waals surface area contributed by atoms with E-state index < -0.39 is 0 Å². The van der Waals surface area contributed by atoms with E-state index in [1.807, 2.05) is 12.3 Å². The number of nitrogens with zero attached hydrogens (tertiary/aromatic N) is 2. The van der Waals surface area contributed by atoms with E-state index in [2.05, 4.69) is 69.5 Å². The Hall–Kier alpha value is -2.59. The van der Waals surface area contributed by atoms with Gasteiger partial charge in [0.1, 0.15) is 0 Å². The SMILES string of the molecule is C=Cc1ccc(CN2CCCC(Nc3ccc4[nH]ncc4c3)C2)cc1. The summed E-state index contributed by atoms with van der Waals surface area (Å²) in [5.74, 6) is 0. The molecule has 1 fully saturated rings. The van der Waals surface area contributed by atoms with Crippen molar-refractivity contribution in [3.05, 3.63) is 66.4 Å². The highest BCUT2D eigenvalue weighted by atomic mass is 15.2. The molecule has 0 radical (unpaired) electrons. The summed E-state index contributed by atoms with van der Waals surface area (Å²) in [7, 11) is 0. The fourth-order valence-electron chi connectivity index (χ4n) is 3.60. The quantitative estimate of drug-likeness (QED) is 0.733. The van der Waals surface area contributed by atoms with Crippen LogP contribution in [0.15, 0.2) is 55.2 Å². The van der Waals surface area contributed by atoms with Crippen LogP contribution < -0.4 is 5.32 Å². The zero-order valence-corrected chi connectivity index (χ0v) is 14.4. The number of hydrogen-bond acceptors (Lipinski definition) is 3. The minimum absolute atomic E-state index is 0.491. The first-order chi connectivity index (χ1) is 12.3. The summed E-state index contributed by atoms with van der Waals surface area (Å²) in [6.07, 6.45) is 6.22. The van der Waals surface area contributed by atoms with Gasteiger partial charge >= 0.3 is 0 Å². The second kappa shape index (κ2) is 7.11. The largest absolute Gasteiger partial charge is 0.381 e. The fraction of sp³-hybridized carbons (Fsp3) is 0.286. The van der Waals surface area contributed by atoms with Gasteiger partial charge in [0.25, 0.3) is 0 Å². The maximum absolute atomic E-state index is 4.09. The molecule has 0 bridgehead atoms. The number of H-pyrrole nitrogens is 1. The summed E-state index contributed by atoms with van der Waals surface area (Å²) >= 11 is 0. The van der Waals surface area contributed by atoms with E-state index in [4.69, 9.17) is 0 Å². The fourth-order valence-corrected chi connectivity index (χ4v) is 3.60. The lowest BCUT2D eigenvalue weighted by Crippen LogP contribution is -2.41. The van der Waals surface area contributed by atoms with E-state index in [0.717, 1.165) is 24.0 Å². The van der Waals surface area contributed by atoms with Crippen molar-refractivity contribution in [2.45, 2.75) is 25.4 Å². The number of aromatic amines is 1. The number of fused-ring (bicyclic) bond motifs is 1. The molecule has 2 heterocycles. The van der Waals surface area contributed by atoms with Gasteiger partial charge in [-0.1, -0.05) is 36.9 Å². The van der Waals surface area contributed by atoms with E-state index in [1.54, 1.807) is 0 Å². The third kappa shape index (κ3) is 3.74. The minimum Gasteiger partial charge on any atom is -0.381 e. The number of nitrogens with one attached hydrogen (secondary N) is 2. The molecule has 4 rings (SSSR count). The second-order valence-electron chi connectivity index (χ2n) is 6.84. The van der Waals surface area contributed by atoms with E-state index in [1.165, 1.54) is 36.2 Å². The van der Waals surface area contributed by atoms with E-state index in [-0.39, 0.29) is 0 Å². The summed E-state index contributed by atoms with van der Waals surface area (Å²) in [5, 5.41) is 11.9. The predicted molar refractivity (Wildman–Crippen MR) is 105 cm³/mol. The van der Waals surface area contributed by atoms with Gasteiger partial charge in [-0.2, -0.15) is 5.10 Å². The van der Waals surface area contributed by atoms with Crippen molar-refractivity contribution in [2.75, 3.05) is 18.4 Å². The van der Waals surface area contributed by atoms with E-state index in [0.29, 0.717) is 6.04 Å². The number of hydrogen-bond donors (Lipinski definition) is 2. The lowest BCUT2D eigenvalue weighted by atomic mass is 10.0. The zero-order valence-electron chi connectivity index (χ0n) is 14.4. The standard InChI is InChI=1S/C21H24N4/c1-2-16-5-7-17(8-6-16)14-25-11-3-4-20(15-25)23-19-9-10-21-18(12-19)13-22-24-21/h2,5-10,12-13,20,23H,1,3-4,11,14-15H2,(H,22,24). The van der Waals surface area contributed by atoms with Gasteiger partial charge in [-0.15, -0.1) is 0 Å². The van der Waals surface area contributed by atoms with Crippen LogP contribution in [-0.4, -0.2) is 34.2 Å². The third-order valence-corrected chi connectivity index (χ3v) is 4.94. The summed E-state index contributed by atoms with van der Waals surface area (Å²) in [6.45, 7) is 7.07. The summed E-state index contributed by atoms with van der Waals surface area (Å²) in [4.78, 5) is 2.54. The molecule has 2 N–H and O–H groups in total. The number of piperidine rings is 1. The first kappa shape index (κ1) is 15.9. The van der Waals surface area contributed by atoms with Gasteiger partial charge in [-0.25, -0.2) is 0 Å². The lowest BCUT2D eigenvalue weighted by molar-refractivity contribution is 0.208. The summed E-state index contributed by atoms with van der Waals surface area (Å²) < 4.78 is 0. The summed E-state index contributed by atoms with van der Waals surface area (Å²) in [5.41, 5.74) is 4.80. The van der Waals surface area contributed by atoms with E-state index in [9.17, 15) is 0 Å². The van der Waals surface area contributed by atoms with Crippen LogP contribution in [0.5, 0.6) is 0 Å². The predicted octanol–water partition coefficient (Wildman–Crippen LogP) is 4.28. The number of anilines is 1. The van der Waals surface area contributed by atoms with Crippen LogP contribution in [0.4, 0.5) is 5.69 Å². The van der Waals surface area contributed by atoms with Crippen LogP contribution in [-0.2, 0) is 6.54 Å². The lowest BCUT2D eigenvalue weighted by Gasteiger charge is -2.33. The maximum atomic E-state index is 4.09. The molecule has 4 nitrogen and oxygen atoms in total. The van der Waals surface area contributed by atoms with Crippen LogP contribution in [0.1, 0.15) is 24.0 Å². The molecule has 3 aromatic rings. The molecule has 4 heteroatoms. The Balaban J connectivity index is 1.38. The maximum Gasteiger partial charge on any atom is 0.0651 e. The molecule has 1 saturated heterocycles.